The minimum atomic E-state index is -0.234. The molecule has 3 heterocycles. The molecule has 7 nitrogen and oxygen atoms in total. The molecule has 1 amide bonds. The zero-order chi connectivity index (χ0) is 17.1. The molecule has 0 saturated carbocycles. The Hall–Kier alpha value is -2.12. The molecule has 24 heavy (non-hydrogen) atoms. The molecule has 1 saturated heterocycles. The van der Waals surface area contributed by atoms with Crippen LogP contribution in [0.15, 0.2) is 22.7 Å². The highest BCUT2D eigenvalue weighted by Gasteiger charge is 2.33. The summed E-state index contributed by atoms with van der Waals surface area (Å²) in [5.41, 5.74) is 1.58. The van der Waals surface area contributed by atoms with Gasteiger partial charge in [0.2, 0.25) is 0 Å². The lowest BCUT2D eigenvalue weighted by molar-refractivity contribution is -0.00953. The molecule has 2 aromatic rings. The summed E-state index contributed by atoms with van der Waals surface area (Å²) in [7, 11) is 3.48. The minimum Gasteiger partial charge on any atom is -0.461 e. The second kappa shape index (κ2) is 7.19. The number of aromatic nitrogens is 2. The van der Waals surface area contributed by atoms with Crippen LogP contribution in [0.1, 0.15) is 40.5 Å². The number of carbonyl (C=O) groups excluding carboxylic acids is 1. The third kappa shape index (κ3) is 3.09. The molecule has 1 aliphatic rings. The molecule has 0 aromatic carbocycles. The second-order valence-electron chi connectivity index (χ2n) is 5.81. The van der Waals surface area contributed by atoms with Crippen molar-refractivity contribution in [2.75, 3.05) is 26.9 Å². The van der Waals surface area contributed by atoms with Crippen LogP contribution < -0.4 is 0 Å². The Labute approximate surface area is 141 Å². The topological polar surface area (TPSA) is 69.7 Å². The molecule has 1 atom stereocenters. The van der Waals surface area contributed by atoms with Gasteiger partial charge in [-0.25, -0.2) is 0 Å². The van der Waals surface area contributed by atoms with E-state index in [1.807, 2.05) is 31.0 Å². The maximum Gasteiger partial charge on any atom is 0.258 e. The van der Waals surface area contributed by atoms with Crippen LogP contribution in [0, 0.1) is 0 Å². The minimum absolute atomic E-state index is 0.0297. The van der Waals surface area contributed by atoms with Gasteiger partial charge in [-0.05, 0) is 18.6 Å². The Morgan fingerprint density at radius 3 is 3.04 bits per heavy atom. The molecule has 3 rings (SSSR count). The van der Waals surface area contributed by atoms with E-state index in [-0.39, 0.29) is 11.9 Å². The molecule has 1 unspecified atom stereocenters. The predicted octanol–water partition coefficient (Wildman–Crippen LogP) is 1.94. The van der Waals surface area contributed by atoms with Crippen molar-refractivity contribution >= 4 is 5.91 Å². The summed E-state index contributed by atoms with van der Waals surface area (Å²) < 4.78 is 18.2. The van der Waals surface area contributed by atoms with Crippen LogP contribution in [-0.4, -0.2) is 47.5 Å². The predicted molar refractivity (Wildman–Crippen MR) is 86.6 cm³/mol. The lowest BCUT2D eigenvalue weighted by atomic mass is 10.1. The highest BCUT2D eigenvalue weighted by atomic mass is 16.5. The van der Waals surface area contributed by atoms with E-state index >= 15 is 0 Å². The first-order valence-electron chi connectivity index (χ1n) is 8.12. The number of amides is 1. The van der Waals surface area contributed by atoms with Gasteiger partial charge in [0.1, 0.15) is 24.2 Å². The van der Waals surface area contributed by atoms with Crippen molar-refractivity contribution in [2.24, 2.45) is 7.05 Å². The van der Waals surface area contributed by atoms with Crippen molar-refractivity contribution in [3.8, 4) is 0 Å². The number of hydrogen-bond donors (Lipinski definition) is 0. The van der Waals surface area contributed by atoms with E-state index in [0.717, 1.165) is 23.6 Å². The van der Waals surface area contributed by atoms with E-state index in [1.54, 1.807) is 18.0 Å². The molecule has 130 valence electrons. The molecule has 2 aromatic heterocycles. The third-order valence-electron chi connectivity index (χ3n) is 4.31. The van der Waals surface area contributed by atoms with E-state index in [2.05, 4.69) is 5.10 Å². The van der Waals surface area contributed by atoms with Crippen LogP contribution >= 0.6 is 0 Å². The number of rotatable bonds is 5. The first-order valence-corrected chi connectivity index (χ1v) is 8.12. The lowest BCUT2D eigenvalue weighted by Gasteiger charge is -2.34. The van der Waals surface area contributed by atoms with Crippen LogP contribution in [0.2, 0.25) is 0 Å². The summed E-state index contributed by atoms with van der Waals surface area (Å²) in [6, 6.07) is 3.53. The number of morpholine rings is 1. The van der Waals surface area contributed by atoms with E-state index in [9.17, 15) is 4.79 Å². The van der Waals surface area contributed by atoms with Gasteiger partial charge in [0, 0.05) is 20.7 Å². The molecule has 0 radical (unpaired) electrons. The SMILES string of the molecule is CCc1c(C(=O)N2CCOCC2c2ccc(COC)o2)cnn1C. The number of furan rings is 1. The first-order chi connectivity index (χ1) is 11.7. The summed E-state index contributed by atoms with van der Waals surface area (Å²) in [5.74, 6) is 1.43. The summed E-state index contributed by atoms with van der Waals surface area (Å²) in [5, 5.41) is 4.23. The van der Waals surface area contributed by atoms with E-state index in [1.165, 1.54) is 0 Å². The summed E-state index contributed by atoms with van der Waals surface area (Å²) in [6.07, 6.45) is 2.40. The Balaban J connectivity index is 1.87. The fourth-order valence-corrected chi connectivity index (χ4v) is 3.09. The fraction of sp³-hybridized carbons (Fsp3) is 0.529. The molecule has 0 N–H and O–H groups in total. The molecular weight excluding hydrogens is 310 g/mol. The molecule has 0 bridgehead atoms. The number of carbonyl (C=O) groups is 1. The molecule has 0 spiro atoms. The normalized spacial score (nSPS) is 18.1. The number of hydrogen-bond acceptors (Lipinski definition) is 5. The van der Waals surface area contributed by atoms with Gasteiger partial charge in [-0.15, -0.1) is 0 Å². The van der Waals surface area contributed by atoms with Crippen molar-refractivity contribution in [3.63, 3.8) is 0 Å². The average molecular weight is 333 g/mol. The average Bonchev–Trinajstić information content (AvgIpc) is 3.21. The molecular formula is C17H23N3O4. The Kier molecular flexibility index (Phi) is 5.01. The van der Waals surface area contributed by atoms with Gasteiger partial charge < -0.3 is 18.8 Å². The molecule has 7 heteroatoms. The smallest absolute Gasteiger partial charge is 0.258 e. The maximum absolute atomic E-state index is 13.1. The van der Waals surface area contributed by atoms with E-state index < -0.39 is 0 Å². The van der Waals surface area contributed by atoms with Crippen LogP contribution in [0.3, 0.4) is 0 Å². The first kappa shape index (κ1) is 16.7. The highest BCUT2D eigenvalue weighted by Crippen LogP contribution is 2.28. The van der Waals surface area contributed by atoms with E-state index in [4.69, 9.17) is 13.9 Å². The van der Waals surface area contributed by atoms with Crippen molar-refractivity contribution in [3.05, 3.63) is 41.1 Å². The van der Waals surface area contributed by atoms with Crippen LogP contribution in [0.5, 0.6) is 0 Å². The lowest BCUT2D eigenvalue weighted by Crippen LogP contribution is -2.43. The Bertz CT molecular complexity index is 707. The van der Waals surface area contributed by atoms with Crippen molar-refractivity contribution < 1.29 is 18.7 Å². The summed E-state index contributed by atoms with van der Waals surface area (Å²) in [6.45, 7) is 3.91. The monoisotopic (exact) mass is 333 g/mol. The van der Waals surface area contributed by atoms with Crippen molar-refractivity contribution in [1.82, 2.24) is 14.7 Å². The second-order valence-corrected chi connectivity index (χ2v) is 5.81. The van der Waals surface area contributed by atoms with Crippen LogP contribution in [0.4, 0.5) is 0 Å². The largest absolute Gasteiger partial charge is 0.461 e. The summed E-state index contributed by atoms with van der Waals surface area (Å²) >= 11 is 0. The Morgan fingerprint density at radius 2 is 2.29 bits per heavy atom. The Morgan fingerprint density at radius 1 is 1.46 bits per heavy atom. The molecule has 1 fully saturated rings. The summed E-state index contributed by atoms with van der Waals surface area (Å²) in [4.78, 5) is 14.9. The van der Waals surface area contributed by atoms with E-state index in [0.29, 0.717) is 31.9 Å². The van der Waals surface area contributed by atoms with Crippen LogP contribution in [-0.2, 0) is 29.5 Å². The van der Waals surface area contributed by atoms with Gasteiger partial charge in [-0.2, -0.15) is 5.10 Å². The quantitative estimate of drug-likeness (QED) is 0.836. The zero-order valence-electron chi connectivity index (χ0n) is 14.3. The molecule has 1 aliphatic heterocycles. The van der Waals surface area contributed by atoms with Crippen molar-refractivity contribution in [2.45, 2.75) is 26.0 Å². The fourth-order valence-electron chi connectivity index (χ4n) is 3.09. The van der Waals surface area contributed by atoms with Gasteiger partial charge in [-0.1, -0.05) is 6.92 Å². The number of methoxy groups -OCH3 is 1. The van der Waals surface area contributed by atoms with Crippen molar-refractivity contribution in [1.29, 1.82) is 0 Å². The zero-order valence-corrected chi connectivity index (χ0v) is 14.3. The number of ether oxygens (including phenoxy) is 2. The van der Waals surface area contributed by atoms with Crippen LogP contribution in [0.25, 0.3) is 0 Å². The van der Waals surface area contributed by atoms with Gasteiger partial charge >= 0.3 is 0 Å². The molecule has 0 aliphatic carbocycles. The number of aryl methyl sites for hydroxylation is 1. The highest BCUT2D eigenvalue weighted by molar-refractivity contribution is 5.95. The van der Waals surface area contributed by atoms with Gasteiger partial charge in [-0.3, -0.25) is 9.48 Å². The van der Waals surface area contributed by atoms with Gasteiger partial charge in [0.25, 0.3) is 5.91 Å². The van der Waals surface area contributed by atoms with Gasteiger partial charge in [0.05, 0.1) is 30.7 Å². The van der Waals surface area contributed by atoms with Gasteiger partial charge in [0.15, 0.2) is 0 Å². The third-order valence-corrected chi connectivity index (χ3v) is 4.31. The standard InChI is InChI=1S/C17H23N3O4/c1-4-14-13(9-18-19(14)2)17(21)20-7-8-23-11-15(20)16-6-5-12(24-16)10-22-3/h5-6,9,15H,4,7-8,10-11H2,1-3H3. The number of nitrogens with zero attached hydrogens (tertiary/aromatic N) is 3. The maximum atomic E-state index is 13.1.